The van der Waals surface area contributed by atoms with Crippen molar-refractivity contribution in [2.24, 2.45) is 0 Å². The SMILES string of the molecule is COc1ccccc1CN1CC(O)CC1c1nc(-c2cccnc2)no1. The first kappa shape index (κ1) is 16.7. The summed E-state index contributed by atoms with van der Waals surface area (Å²) in [6.45, 7) is 1.18. The summed E-state index contributed by atoms with van der Waals surface area (Å²) in [5, 5.41) is 14.3. The van der Waals surface area contributed by atoms with Gasteiger partial charge in [-0.3, -0.25) is 9.88 Å². The minimum atomic E-state index is -0.427. The second-order valence-electron chi connectivity index (χ2n) is 6.34. The molecule has 0 spiro atoms. The summed E-state index contributed by atoms with van der Waals surface area (Å²) in [5.41, 5.74) is 1.86. The van der Waals surface area contributed by atoms with Gasteiger partial charge in [0.2, 0.25) is 11.7 Å². The van der Waals surface area contributed by atoms with Gasteiger partial charge in [0.15, 0.2) is 0 Å². The van der Waals surface area contributed by atoms with Gasteiger partial charge in [0, 0.05) is 36.6 Å². The molecule has 0 aliphatic carbocycles. The number of hydrogen-bond donors (Lipinski definition) is 1. The normalized spacial score (nSPS) is 20.4. The van der Waals surface area contributed by atoms with Crippen molar-refractivity contribution in [2.45, 2.75) is 25.1 Å². The van der Waals surface area contributed by atoms with E-state index in [4.69, 9.17) is 9.26 Å². The van der Waals surface area contributed by atoms with E-state index in [-0.39, 0.29) is 6.04 Å². The third kappa shape index (κ3) is 3.31. The average Bonchev–Trinajstić information content (AvgIpc) is 3.29. The van der Waals surface area contributed by atoms with Gasteiger partial charge in [-0.05, 0) is 24.6 Å². The first-order chi connectivity index (χ1) is 12.7. The Morgan fingerprint density at radius 1 is 1.27 bits per heavy atom. The molecule has 3 aromatic rings. The molecule has 1 aliphatic heterocycles. The molecule has 0 saturated carbocycles. The van der Waals surface area contributed by atoms with Crippen LogP contribution >= 0.6 is 0 Å². The van der Waals surface area contributed by atoms with Crippen LogP contribution in [0.3, 0.4) is 0 Å². The Kier molecular flexibility index (Phi) is 4.64. The topological polar surface area (TPSA) is 84.5 Å². The van der Waals surface area contributed by atoms with Crippen LogP contribution in [0.5, 0.6) is 5.75 Å². The molecule has 0 amide bonds. The van der Waals surface area contributed by atoms with Gasteiger partial charge >= 0.3 is 0 Å². The van der Waals surface area contributed by atoms with Crippen molar-refractivity contribution in [3.05, 3.63) is 60.2 Å². The van der Waals surface area contributed by atoms with Crippen molar-refractivity contribution in [1.29, 1.82) is 0 Å². The van der Waals surface area contributed by atoms with E-state index in [1.54, 1.807) is 19.5 Å². The number of hydrogen-bond acceptors (Lipinski definition) is 7. The molecule has 0 bridgehead atoms. The zero-order valence-corrected chi connectivity index (χ0v) is 14.4. The Bertz CT molecular complexity index is 868. The van der Waals surface area contributed by atoms with E-state index in [9.17, 15) is 5.11 Å². The van der Waals surface area contributed by atoms with Crippen LogP contribution in [0.2, 0.25) is 0 Å². The van der Waals surface area contributed by atoms with E-state index in [2.05, 4.69) is 20.0 Å². The predicted octanol–water partition coefficient (Wildman–Crippen LogP) is 2.45. The fourth-order valence-electron chi connectivity index (χ4n) is 3.35. The Morgan fingerprint density at radius 2 is 2.15 bits per heavy atom. The van der Waals surface area contributed by atoms with Crippen LogP contribution in [0.25, 0.3) is 11.4 Å². The van der Waals surface area contributed by atoms with Gasteiger partial charge < -0.3 is 14.4 Å². The number of aliphatic hydroxyl groups excluding tert-OH is 1. The van der Waals surface area contributed by atoms with Crippen LogP contribution < -0.4 is 4.74 Å². The van der Waals surface area contributed by atoms with E-state index in [0.717, 1.165) is 16.9 Å². The highest BCUT2D eigenvalue weighted by atomic mass is 16.5. The zero-order chi connectivity index (χ0) is 17.9. The maximum Gasteiger partial charge on any atom is 0.244 e. The summed E-state index contributed by atoms with van der Waals surface area (Å²) in [6, 6.07) is 11.5. The lowest BCUT2D eigenvalue weighted by atomic mass is 10.1. The molecule has 26 heavy (non-hydrogen) atoms. The summed E-state index contributed by atoms with van der Waals surface area (Å²) in [7, 11) is 1.66. The molecule has 7 heteroatoms. The molecule has 2 unspecified atom stereocenters. The standard InChI is InChI=1S/C19H20N4O3/c1-25-17-7-3-2-5-14(17)11-23-12-15(24)9-16(23)19-21-18(22-26-19)13-6-4-8-20-10-13/h2-8,10,15-16,24H,9,11-12H2,1H3. The highest BCUT2D eigenvalue weighted by molar-refractivity contribution is 5.51. The largest absolute Gasteiger partial charge is 0.496 e. The lowest BCUT2D eigenvalue weighted by Crippen LogP contribution is -2.24. The third-order valence-electron chi connectivity index (χ3n) is 4.59. The van der Waals surface area contributed by atoms with Crippen molar-refractivity contribution < 1.29 is 14.4 Å². The molecule has 7 nitrogen and oxygen atoms in total. The summed E-state index contributed by atoms with van der Waals surface area (Å²) in [5.74, 6) is 1.84. The molecule has 4 rings (SSSR count). The Labute approximate surface area is 151 Å². The molecule has 134 valence electrons. The molecular formula is C19H20N4O3. The van der Waals surface area contributed by atoms with Crippen molar-refractivity contribution >= 4 is 0 Å². The van der Waals surface area contributed by atoms with E-state index in [0.29, 0.717) is 31.2 Å². The zero-order valence-electron chi connectivity index (χ0n) is 14.4. The molecule has 2 aromatic heterocycles. The highest BCUT2D eigenvalue weighted by Crippen LogP contribution is 2.34. The number of aromatic nitrogens is 3. The molecule has 1 aromatic carbocycles. The predicted molar refractivity (Wildman–Crippen MR) is 94.3 cm³/mol. The fraction of sp³-hybridized carbons (Fsp3) is 0.316. The maximum atomic E-state index is 10.2. The molecule has 3 heterocycles. The number of nitrogens with zero attached hydrogens (tertiary/aromatic N) is 4. The molecule has 0 radical (unpaired) electrons. The second-order valence-corrected chi connectivity index (χ2v) is 6.34. The average molecular weight is 352 g/mol. The van der Waals surface area contributed by atoms with Gasteiger partial charge in [0.1, 0.15) is 5.75 Å². The minimum Gasteiger partial charge on any atom is -0.496 e. The van der Waals surface area contributed by atoms with Crippen molar-refractivity contribution in [1.82, 2.24) is 20.0 Å². The van der Waals surface area contributed by atoms with Crippen molar-refractivity contribution in [3.63, 3.8) is 0 Å². The first-order valence-corrected chi connectivity index (χ1v) is 8.52. The van der Waals surface area contributed by atoms with Crippen LogP contribution in [0, 0.1) is 0 Å². The molecular weight excluding hydrogens is 332 g/mol. The number of rotatable bonds is 5. The number of para-hydroxylation sites is 1. The third-order valence-corrected chi connectivity index (χ3v) is 4.59. The van der Waals surface area contributed by atoms with Crippen LogP contribution in [0.15, 0.2) is 53.3 Å². The number of benzene rings is 1. The van der Waals surface area contributed by atoms with E-state index in [1.807, 2.05) is 36.4 Å². The van der Waals surface area contributed by atoms with Gasteiger partial charge in [-0.25, -0.2) is 0 Å². The molecule has 1 aliphatic rings. The number of pyridine rings is 1. The molecule has 1 saturated heterocycles. The number of β-amino-alcohol motifs (C(OH)–C–C–N with tert-alkyl or cyclic N) is 1. The van der Waals surface area contributed by atoms with Crippen LogP contribution in [0.4, 0.5) is 0 Å². The Balaban J connectivity index is 1.58. The van der Waals surface area contributed by atoms with Crippen molar-refractivity contribution in [3.8, 4) is 17.1 Å². The highest BCUT2D eigenvalue weighted by Gasteiger charge is 2.36. The lowest BCUT2D eigenvalue weighted by Gasteiger charge is -2.22. The Hall–Kier alpha value is -2.77. The molecule has 1 N–H and O–H groups in total. The first-order valence-electron chi connectivity index (χ1n) is 8.52. The second kappa shape index (κ2) is 7.23. The van der Waals surface area contributed by atoms with Gasteiger partial charge in [0.25, 0.3) is 0 Å². The van der Waals surface area contributed by atoms with Gasteiger partial charge in [-0.15, -0.1) is 0 Å². The monoisotopic (exact) mass is 352 g/mol. The summed E-state index contributed by atoms with van der Waals surface area (Å²) >= 11 is 0. The number of methoxy groups -OCH3 is 1. The quantitative estimate of drug-likeness (QED) is 0.755. The van der Waals surface area contributed by atoms with E-state index < -0.39 is 6.10 Å². The number of aliphatic hydroxyl groups is 1. The van der Waals surface area contributed by atoms with Crippen LogP contribution in [-0.2, 0) is 6.54 Å². The summed E-state index contributed by atoms with van der Waals surface area (Å²) < 4.78 is 10.9. The van der Waals surface area contributed by atoms with Crippen LogP contribution in [-0.4, -0.2) is 44.9 Å². The summed E-state index contributed by atoms with van der Waals surface area (Å²) in [4.78, 5) is 10.8. The minimum absolute atomic E-state index is 0.132. The molecule has 2 atom stereocenters. The smallest absolute Gasteiger partial charge is 0.244 e. The van der Waals surface area contributed by atoms with Gasteiger partial charge in [-0.2, -0.15) is 4.98 Å². The van der Waals surface area contributed by atoms with E-state index in [1.165, 1.54) is 0 Å². The van der Waals surface area contributed by atoms with Gasteiger partial charge in [-0.1, -0.05) is 23.4 Å². The Morgan fingerprint density at radius 3 is 2.96 bits per heavy atom. The van der Waals surface area contributed by atoms with Crippen molar-refractivity contribution in [2.75, 3.05) is 13.7 Å². The lowest BCUT2D eigenvalue weighted by molar-refractivity contribution is 0.168. The number of ether oxygens (including phenoxy) is 1. The van der Waals surface area contributed by atoms with Gasteiger partial charge in [0.05, 0.1) is 19.3 Å². The summed E-state index contributed by atoms with van der Waals surface area (Å²) in [6.07, 6.45) is 3.53. The molecule has 1 fully saturated rings. The van der Waals surface area contributed by atoms with Crippen LogP contribution in [0.1, 0.15) is 23.9 Å². The fourth-order valence-corrected chi connectivity index (χ4v) is 3.35. The maximum absolute atomic E-state index is 10.2. The number of likely N-dealkylation sites (tertiary alicyclic amines) is 1. The van der Waals surface area contributed by atoms with E-state index >= 15 is 0 Å².